The predicted molar refractivity (Wildman–Crippen MR) is 188 cm³/mol. The van der Waals surface area contributed by atoms with Crippen LogP contribution < -0.4 is 9.64 Å². The Kier molecular flexibility index (Phi) is 8.10. The van der Waals surface area contributed by atoms with Gasteiger partial charge in [0.15, 0.2) is 5.58 Å². The van der Waals surface area contributed by atoms with Crippen LogP contribution in [0.2, 0.25) is 5.02 Å². The van der Waals surface area contributed by atoms with Gasteiger partial charge in [0.05, 0.1) is 43.3 Å². The van der Waals surface area contributed by atoms with Gasteiger partial charge >= 0.3 is 21.5 Å². The number of rotatable bonds is 7. The molecule has 1 aromatic carbocycles. The van der Waals surface area contributed by atoms with Gasteiger partial charge in [-0.05, 0) is 68.7 Å². The molecule has 54 heavy (non-hydrogen) atoms. The van der Waals surface area contributed by atoms with Crippen LogP contribution in [0, 0.1) is 0 Å². The molecule has 0 spiro atoms. The van der Waals surface area contributed by atoms with Gasteiger partial charge in [-0.15, -0.1) is 4.09 Å². The Morgan fingerprint density at radius 2 is 2.00 bits per heavy atom. The Morgan fingerprint density at radius 1 is 1.20 bits per heavy atom. The van der Waals surface area contributed by atoms with E-state index in [0.29, 0.717) is 47.3 Å². The first-order valence-electron chi connectivity index (χ1n) is 17.1. The second-order valence-electron chi connectivity index (χ2n) is 14.7. The number of aliphatic hydroxyl groups is 1. The quantitative estimate of drug-likeness (QED) is 0.186. The van der Waals surface area contributed by atoms with E-state index in [9.17, 15) is 31.1 Å². The number of hydrogen-bond donors (Lipinski definition) is 1. The summed E-state index contributed by atoms with van der Waals surface area (Å²) in [6, 6.07) is 0.901. The summed E-state index contributed by atoms with van der Waals surface area (Å²) in [6.45, 7) is 3.77. The number of nitrogens with zero attached hydrogens (tertiary/aromatic N) is 7. The van der Waals surface area contributed by atoms with E-state index in [1.54, 1.807) is 11.8 Å². The predicted octanol–water partition coefficient (Wildman–Crippen LogP) is 6.22. The van der Waals surface area contributed by atoms with Crippen molar-refractivity contribution in [1.29, 1.82) is 0 Å². The van der Waals surface area contributed by atoms with Gasteiger partial charge in [0.2, 0.25) is 5.71 Å². The van der Waals surface area contributed by atoms with Crippen molar-refractivity contribution in [3.8, 4) is 17.3 Å². The number of fused-ring (bicyclic) bond motifs is 5. The van der Waals surface area contributed by atoms with Crippen molar-refractivity contribution in [1.82, 2.24) is 28.4 Å². The Morgan fingerprint density at radius 3 is 2.74 bits per heavy atom. The van der Waals surface area contributed by atoms with Gasteiger partial charge in [-0.25, -0.2) is 8.78 Å². The molecule has 5 aromatic rings. The zero-order chi connectivity index (χ0) is 38.0. The van der Waals surface area contributed by atoms with Crippen molar-refractivity contribution < 1.29 is 49.4 Å². The maximum absolute atomic E-state index is 16.2. The van der Waals surface area contributed by atoms with Gasteiger partial charge in [-0.2, -0.15) is 41.0 Å². The summed E-state index contributed by atoms with van der Waals surface area (Å²) < 4.78 is 119. The Labute approximate surface area is 312 Å². The molecule has 0 bridgehead atoms. The average Bonchev–Trinajstić information content (AvgIpc) is 3.55. The lowest BCUT2D eigenvalue weighted by Crippen LogP contribution is -2.43. The minimum absolute atomic E-state index is 0.0139. The number of benzene rings is 1. The molecule has 4 aromatic heterocycles. The molecule has 0 amide bonds. The average molecular weight is 816 g/mol. The highest BCUT2D eigenvalue weighted by Gasteiger charge is 2.52. The number of aromatic nitrogens is 5. The highest BCUT2D eigenvalue weighted by molar-refractivity contribution is 7.90. The fourth-order valence-corrected chi connectivity index (χ4v) is 10.0. The van der Waals surface area contributed by atoms with Crippen molar-refractivity contribution in [2.24, 2.45) is 0 Å². The monoisotopic (exact) mass is 815 g/mol. The van der Waals surface area contributed by atoms with Crippen molar-refractivity contribution in [3.63, 3.8) is 0 Å². The molecule has 21 heteroatoms. The molecule has 1 saturated carbocycles. The van der Waals surface area contributed by atoms with Crippen LogP contribution >= 0.6 is 23.1 Å². The van der Waals surface area contributed by atoms with E-state index in [-0.39, 0.29) is 87.8 Å². The van der Waals surface area contributed by atoms with Gasteiger partial charge < -0.3 is 23.9 Å². The van der Waals surface area contributed by atoms with E-state index < -0.39 is 37.9 Å². The summed E-state index contributed by atoms with van der Waals surface area (Å²) in [5, 5.41) is 14.6. The van der Waals surface area contributed by atoms with Gasteiger partial charge in [-0.1, -0.05) is 11.6 Å². The van der Waals surface area contributed by atoms with Crippen LogP contribution in [-0.2, 0) is 20.4 Å². The molecular weight excluding hydrogens is 785 g/mol. The lowest BCUT2D eigenvalue weighted by Gasteiger charge is -2.31. The summed E-state index contributed by atoms with van der Waals surface area (Å²) >= 11 is 7.52. The number of halogens is 6. The molecule has 0 radical (unpaired) electrons. The zero-order valence-corrected chi connectivity index (χ0v) is 30.8. The molecule has 13 nitrogen and oxygen atoms in total. The summed E-state index contributed by atoms with van der Waals surface area (Å²) in [7, 11) is -6.00. The van der Waals surface area contributed by atoms with Crippen LogP contribution in [0.3, 0.4) is 0 Å². The topological polar surface area (TPSA) is 149 Å². The van der Waals surface area contributed by atoms with Crippen LogP contribution in [0.5, 0.6) is 6.01 Å². The first-order chi connectivity index (χ1) is 25.5. The summed E-state index contributed by atoms with van der Waals surface area (Å²) in [5.74, 6) is 0.316. The molecule has 288 valence electrons. The van der Waals surface area contributed by atoms with Crippen molar-refractivity contribution in [2.75, 3.05) is 50.9 Å². The minimum atomic E-state index is -6.00. The highest BCUT2D eigenvalue weighted by atomic mass is 35.5. The molecular formula is C33H31ClF5N7O6S2. The molecule has 3 aliphatic heterocycles. The molecule has 2 atom stereocenters. The normalized spacial score (nSPS) is 25.7. The largest absolute Gasteiger partial charge is 0.518 e. The highest BCUT2D eigenvalue weighted by Crippen LogP contribution is 2.57. The smallest absolute Gasteiger partial charge is 0.461 e. The van der Waals surface area contributed by atoms with Crippen molar-refractivity contribution in [2.45, 2.75) is 61.3 Å². The molecule has 1 N–H and O–H groups in total. The Bertz CT molecular complexity index is 2500. The van der Waals surface area contributed by atoms with Crippen LogP contribution in [0.4, 0.5) is 27.8 Å². The number of anilines is 1. The maximum atomic E-state index is 16.2. The number of hydrogen-bond acceptors (Lipinski definition) is 13. The SMILES string of the molecule is C[C@@]1(O)COCCN(c2nc(OC[C@@]34CCCN3C/C(=C\F)C4)nc3oc4c(-c5c(C6(F)CC6)c(Cl)cc6c5cnn6S(=O)(=O)C(F)(F)F)nsc4c23)C1. The van der Waals surface area contributed by atoms with Crippen LogP contribution in [-0.4, -0.2) is 105 Å². The summed E-state index contributed by atoms with van der Waals surface area (Å²) in [6.07, 6.45) is 3.85. The van der Waals surface area contributed by atoms with Gasteiger partial charge in [0, 0.05) is 34.6 Å². The maximum Gasteiger partial charge on any atom is 0.518 e. The van der Waals surface area contributed by atoms with E-state index in [4.69, 9.17) is 30.5 Å². The number of furan rings is 1. The molecule has 4 fully saturated rings. The fourth-order valence-electron chi connectivity index (χ4n) is 8.05. The Balaban J connectivity index is 1.23. The summed E-state index contributed by atoms with van der Waals surface area (Å²) in [5.41, 5.74) is -9.30. The molecule has 7 heterocycles. The minimum Gasteiger partial charge on any atom is -0.461 e. The molecule has 9 rings (SSSR count). The molecule has 1 aliphatic carbocycles. The van der Waals surface area contributed by atoms with Crippen LogP contribution in [0.25, 0.3) is 43.5 Å². The molecule has 3 saturated heterocycles. The van der Waals surface area contributed by atoms with Gasteiger partial charge in [0.1, 0.15) is 39.5 Å². The fraction of sp³-hybridized carbons (Fsp3) is 0.515. The number of ether oxygens (including phenoxy) is 2. The lowest BCUT2D eigenvalue weighted by molar-refractivity contribution is -0.0448. The van der Waals surface area contributed by atoms with Crippen LogP contribution in [0.15, 0.2) is 28.6 Å². The van der Waals surface area contributed by atoms with Crippen molar-refractivity contribution >= 4 is 71.3 Å². The van der Waals surface area contributed by atoms with Crippen LogP contribution in [0.1, 0.15) is 44.6 Å². The van der Waals surface area contributed by atoms with Gasteiger partial charge in [-0.3, -0.25) is 4.90 Å². The van der Waals surface area contributed by atoms with Crippen molar-refractivity contribution in [3.05, 3.63) is 34.8 Å². The van der Waals surface area contributed by atoms with E-state index in [2.05, 4.69) is 19.4 Å². The van der Waals surface area contributed by atoms with E-state index in [1.807, 2.05) is 0 Å². The molecule has 0 unspecified atom stereocenters. The Hall–Kier alpha value is -3.69. The third-order valence-corrected chi connectivity index (χ3v) is 13.1. The van der Waals surface area contributed by atoms with E-state index in [0.717, 1.165) is 43.2 Å². The second-order valence-corrected chi connectivity index (χ2v) is 17.6. The van der Waals surface area contributed by atoms with E-state index in [1.165, 1.54) is 0 Å². The van der Waals surface area contributed by atoms with Gasteiger partial charge in [0.25, 0.3) is 0 Å². The second kappa shape index (κ2) is 12.2. The standard InChI is InChI=1S/C33H31ClF5N7O6S2/c1-30(47)14-44(7-8-50-15-30)27-22-26-25(52-28(22)42-29(41-27)51-16-31-3-2-6-45(31)13-17(10-31)11-35)24(43-53-26)21-18-12-40-46(54(48,49)33(37,38)39)20(18)9-19(34)23(21)32(36)4-5-32/h9,11-12,47H,2-8,10,13-16H2,1H3/b17-11-/t30-,31-/m0/s1. The third kappa shape index (κ3) is 5.57. The third-order valence-electron chi connectivity index (χ3n) is 10.7. The van der Waals surface area contributed by atoms with E-state index >= 15 is 4.39 Å². The number of alkyl halides is 4. The first kappa shape index (κ1) is 36.0. The zero-order valence-electron chi connectivity index (χ0n) is 28.4. The lowest BCUT2D eigenvalue weighted by atomic mass is 9.94. The first-order valence-corrected chi connectivity index (χ1v) is 19.7. The molecule has 4 aliphatic rings. The summed E-state index contributed by atoms with van der Waals surface area (Å²) in [4.78, 5) is 13.4. The number of β-amino-alcohol motifs (C(OH)–C–C–N with tert-alkyl or cyclic N) is 1.